The number of hydrogen-bond acceptors (Lipinski definition) is 2. The van der Waals surface area contributed by atoms with Crippen molar-refractivity contribution >= 4 is 0 Å². The summed E-state index contributed by atoms with van der Waals surface area (Å²) in [6, 6.07) is 0.920. The largest absolute Gasteiger partial charge is 0.380 e. The average molecular weight is 141 g/mol. The first-order chi connectivity index (χ1) is 4.97. The number of rotatable bonds is 0. The van der Waals surface area contributed by atoms with Crippen LogP contribution < -0.4 is 0 Å². The van der Waals surface area contributed by atoms with E-state index in [9.17, 15) is 0 Å². The Bertz CT molecular complexity index is 102. The fraction of sp³-hybridized carbons (Fsp3) is 1.00. The molecule has 0 bridgehead atoms. The molecule has 0 aromatic carbocycles. The van der Waals surface area contributed by atoms with E-state index in [4.69, 9.17) is 4.74 Å². The van der Waals surface area contributed by atoms with Gasteiger partial charge in [-0.25, -0.2) is 0 Å². The van der Waals surface area contributed by atoms with Gasteiger partial charge in [0.1, 0.15) is 0 Å². The van der Waals surface area contributed by atoms with Gasteiger partial charge in [-0.1, -0.05) is 0 Å². The summed E-state index contributed by atoms with van der Waals surface area (Å²) < 4.78 is 5.39. The number of ether oxygens (including phenoxy) is 1. The second kappa shape index (κ2) is 2.89. The van der Waals surface area contributed by atoms with Crippen molar-refractivity contribution in [2.24, 2.45) is 0 Å². The van der Waals surface area contributed by atoms with Gasteiger partial charge in [0, 0.05) is 25.7 Å². The Morgan fingerprint density at radius 1 is 1.10 bits per heavy atom. The predicted molar refractivity (Wildman–Crippen MR) is 40.0 cm³/mol. The van der Waals surface area contributed by atoms with Crippen molar-refractivity contribution in [3.63, 3.8) is 0 Å². The molecular formula is C8H15NO. The van der Waals surface area contributed by atoms with E-state index >= 15 is 0 Å². The molecule has 2 nitrogen and oxygen atoms in total. The van der Waals surface area contributed by atoms with Crippen molar-refractivity contribution in [1.29, 1.82) is 0 Å². The quantitative estimate of drug-likeness (QED) is 0.496. The Kier molecular flexibility index (Phi) is 1.91. The van der Waals surface area contributed by atoms with Gasteiger partial charge in [-0.3, -0.25) is 4.90 Å². The molecule has 58 valence electrons. The molecule has 0 amide bonds. The maximum absolute atomic E-state index is 5.39. The minimum absolute atomic E-state index is 0.920. The van der Waals surface area contributed by atoms with Crippen LogP contribution in [0.4, 0.5) is 0 Å². The van der Waals surface area contributed by atoms with Crippen LogP contribution in [-0.2, 0) is 4.74 Å². The summed E-state index contributed by atoms with van der Waals surface area (Å²) in [6.07, 6.45) is 4.06. The van der Waals surface area contributed by atoms with Gasteiger partial charge >= 0.3 is 0 Å². The summed E-state index contributed by atoms with van der Waals surface area (Å²) in [5.74, 6) is 0. The summed E-state index contributed by atoms with van der Waals surface area (Å²) in [4.78, 5) is 2.54. The molecular weight excluding hydrogens is 126 g/mol. The number of nitrogens with zero attached hydrogens (tertiary/aromatic N) is 1. The molecule has 1 atom stereocenters. The Labute approximate surface area is 62.2 Å². The molecule has 2 rings (SSSR count). The van der Waals surface area contributed by atoms with Gasteiger partial charge in [-0.15, -0.1) is 0 Å². The normalized spacial score (nSPS) is 35.4. The Morgan fingerprint density at radius 2 is 2.10 bits per heavy atom. The topological polar surface area (TPSA) is 12.5 Å². The molecule has 0 N–H and O–H groups in total. The molecule has 0 aromatic rings. The fourth-order valence-electron chi connectivity index (χ4n) is 1.82. The number of hydrogen-bond donors (Lipinski definition) is 0. The van der Waals surface area contributed by atoms with Crippen LogP contribution in [0, 0.1) is 0 Å². The zero-order chi connectivity index (χ0) is 6.81. The second-order valence-corrected chi connectivity index (χ2v) is 3.23. The molecule has 1 unspecified atom stereocenters. The third-order valence-corrected chi connectivity index (χ3v) is 2.61. The van der Waals surface area contributed by atoms with Crippen LogP contribution in [0.1, 0.15) is 19.3 Å². The van der Waals surface area contributed by atoms with Crippen LogP contribution >= 0.6 is 0 Å². The Morgan fingerprint density at radius 3 is 2.90 bits per heavy atom. The Balaban J connectivity index is 1.83. The van der Waals surface area contributed by atoms with Crippen molar-refractivity contribution < 1.29 is 4.74 Å². The molecule has 2 aliphatic rings. The predicted octanol–water partition coefficient (Wildman–Crippen LogP) is 0.871. The van der Waals surface area contributed by atoms with Crippen LogP contribution in [0.2, 0.25) is 0 Å². The fourth-order valence-corrected chi connectivity index (χ4v) is 1.82. The van der Waals surface area contributed by atoms with Crippen LogP contribution in [0.5, 0.6) is 0 Å². The van der Waals surface area contributed by atoms with Gasteiger partial charge in [0.25, 0.3) is 0 Å². The first-order valence-corrected chi connectivity index (χ1v) is 4.28. The van der Waals surface area contributed by atoms with Gasteiger partial charge in [-0.05, 0) is 19.3 Å². The highest BCUT2D eigenvalue weighted by Gasteiger charge is 2.27. The molecule has 2 heterocycles. The van der Waals surface area contributed by atoms with E-state index < -0.39 is 0 Å². The summed E-state index contributed by atoms with van der Waals surface area (Å²) in [6.45, 7) is 4.43. The summed E-state index contributed by atoms with van der Waals surface area (Å²) >= 11 is 0. The smallest absolute Gasteiger partial charge is 0.0593 e. The van der Waals surface area contributed by atoms with Crippen molar-refractivity contribution in [3.05, 3.63) is 0 Å². The Hall–Kier alpha value is -0.0800. The lowest BCUT2D eigenvalue weighted by Crippen LogP contribution is -2.49. The van der Waals surface area contributed by atoms with E-state index in [-0.39, 0.29) is 0 Å². The SMILES string of the molecule is C1COCCN2CCC2C1. The summed E-state index contributed by atoms with van der Waals surface area (Å²) in [7, 11) is 0. The van der Waals surface area contributed by atoms with E-state index in [1.807, 2.05) is 0 Å². The lowest BCUT2D eigenvalue weighted by atomic mass is 9.98. The van der Waals surface area contributed by atoms with Gasteiger partial charge in [0.15, 0.2) is 0 Å². The van der Waals surface area contributed by atoms with E-state index in [1.165, 1.54) is 32.4 Å². The molecule has 0 spiro atoms. The van der Waals surface area contributed by atoms with E-state index in [0.717, 1.165) is 19.3 Å². The highest BCUT2D eigenvalue weighted by atomic mass is 16.5. The summed E-state index contributed by atoms with van der Waals surface area (Å²) in [5.41, 5.74) is 0. The van der Waals surface area contributed by atoms with E-state index in [1.54, 1.807) is 0 Å². The van der Waals surface area contributed by atoms with Crippen LogP contribution in [-0.4, -0.2) is 37.2 Å². The van der Waals surface area contributed by atoms with Crippen molar-refractivity contribution in [1.82, 2.24) is 4.90 Å². The zero-order valence-electron chi connectivity index (χ0n) is 6.38. The molecule has 0 radical (unpaired) electrons. The van der Waals surface area contributed by atoms with Crippen molar-refractivity contribution in [2.45, 2.75) is 25.3 Å². The highest BCUT2D eigenvalue weighted by molar-refractivity contribution is 4.82. The van der Waals surface area contributed by atoms with Crippen molar-refractivity contribution in [3.8, 4) is 0 Å². The first-order valence-electron chi connectivity index (χ1n) is 4.28. The van der Waals surface area contributed by atoms with Crippen LogP contribution in [0.3, 0.4) is 0 Å². The maximum atomic E-state index is 5.39. The average Bonchev–Trinajstić information content (AvgIpc) is 1.89. The molecule has 2 saturated heterocycles. The van der Waals surface area contributed by atoms with Gasteiger partial charge in [-0.2, -0.15) is 0 Å². The molecule has 2 aliphatic heterocycles. The molecule has 0 saturated carbocycles. The molecule has 0 aromatic heterocycles. The molecule has 0 aliphatic carbocycles. The van der Waals surface area contributed by atoms with Crippen LogP contribution in [0.15, 0.2) is 0 Å². The molecule has 2 fully saturated rings. The van der Waals surface area contributed by atoms with E-state index in [2.05, 4.69) is 4.90 Å². The zero-order valence-corrected chi connectivity index (χ0v) is 6.38. The van der Waals surface area contributed by atoms with Gasteiger partial charge in [0.05, 0.1) is 6.61 Å². The standard InChI is InChI=1S/C8H15NO/c1-2-8-3-4-9(8)5-7-10-6-1/h8H,1-7H2. The van der Waals surface area contributed by atoms with Crippen molar-refractivity contribution in [2.75, 3.05) is 26.3 Å². The molecule has 2 heteroatoms. The lowest BCUT2D eigenvalue weighted by molar-refractivity contribution is 0.00884. The first kappa shape index (κ1) is 6.62. The second-order valence-electron chi connectivity index (χ2n) is 3.23. The van der Waals surface area contributed by atoms with Crippen LogP contribution in [0.25, 0.3) is 0 Å². The lowest BCUT2D eigenvalue weighted by Gasteiger charge is -2.42. The molecule has 10 heavy (non-hydrogen) atoms. The highest BCUT2D eigenvalue weighted by Crippen LogP contribution is 2.22. The minimum Gasteiger partial charge on any atom is -0.380 e. The van der Waals surface area contributed by atoms with E-state index in [0.29, 0.717) is 0 Å². The van der Waals surface area contributed by atoms with Gasteiger partial charge in [0.2, 0.25) is 0 Å². The monoisotopic (exact) mass is 141 g/mol. The third-order valence-electron chi connectivity index (χ3n) is 2.61. The third kappa shape index (κ3) is 1.18. The minimum atomic E-state index is 0.920. The van der Waals surface area contributed by atoms with Gasteiger partial charge < -0.3 is 4.74 Å². The maximum Gasteiger partial charge on any atom is 0.0593 e. The number of fused-ring (bicyclic) bond motifs is 1. The summed E-state index contributed by atoms with van der Waals surface area (Å²) in [5, 5.41) is 0.